The van der Waals surface area contributed by atoms with Crippen LogP contribution in [0.15, 0.2) is 67.0 Å². The van der Waals surface area contributed by atoms with Crippen molar-refractivity contribution in [1.29, 1.82) is 5.26 Å². The van der Waals surface area contributed by atoms with Crippen molar-refractivity contribution in [3.8, 4) is 17.6 Å². The lowest BCUT2D eigenvalue weighted by Crippen LogP contribution is -2.36. The Kier molecular flexibility index (Phi) is 7.54. The van der Waals surface area contributed by atoms with Gasteiger partial charge in [0.1, 0.15) is 24.1 Å². The molecule has 0 radical (unpaired) electrons. The Bertz CT molecular complexity index is 1460. The standard InChI is InChI=1S/C27H26N6O4/c1-4-36-24(34)17-32(3)27(35)31-23-16-33-26(18(23)2)25(19(14-28)15-29-33)30-20-10-12-22(13-11-20)37-21-8-6-5-7-9-21/h5-13,15-16,30H,4,17H2,1-3H3,(H,31,35). The van der Waals surface area contributed by atoms with Gasteiger partial charge < -0.3 is 25.0 Å². The first-order valence-electron chi connectivity index (χ1n) is 11.6. The highest BCUT2D eigenvalue weighted by Gasteiger charge is 2.19. The van der Waals surface area contributed by atoms with Crippen LogP contribution in [0.25, 0.3) is 5.52 Å². The fourth-order valence-corrected chi connectivity index (χ4v) is 3.68. The third-order valence-corrected chi connectivity index (χ3v) is 5.54. The van der Waals surface area contributed by atoms with Gasteiger partial charge in [-0.2, -0.15) is 10.4 Å². The Hall–Kier alpha value is -5.04. The first-order chi connectivity index (χ1) is 17.9. The molecular formula is C27H26N6O4. The number of anilines is 3. The molecule has 188 valence electrons. The predicted octanol–water partition coefficient (Wildman–Crippen LogP) is 5.08. The van der Waals surface area contributed by atoms with Crippen LogP contribution in [0.4, 0.5) is 21.9 Å². The highest BCUT2D eigenvalue weighted by atomic mass is 16.5. The molecule has 2 aromatic heterocycles. The largest absolute Gasteiger partial charge is 0.465 e. The molecule has 4 aromatic rings. The molecule has 2 N–H and O–H groups in total. The number of nitriles is 1. The molecule has 37 heavy (non-hydrogen) atoms. The number of carbonyl (C=O) groups excluding carboxylic acids is 2. The number of carbonyl (C=O) groups is 2. The fraction of sp³-hybridized carbons (Fsp3) is 0.185. The number of hydrogen-bond donors (Lipinski definition) is 2. The minimum atomic E-state index is -0.495. The summed E-state index contributed by atoms with van der Waals surface area (Å²) in [6.45, 7) is 3.58. The molecule has 0 bridgehead atoms. The average molecular weight is 499 g/mol. The van der Waals surface area contributed by atoms with Gasteiger partial charge in [0.05, 0.1) is 41.5 Å². The van der Waals surface area contributed by atoms with Crippen LogP contribution in [-0.2, 0) is 9.53 Å². The summed E-state index contributed by atoms with van der Waals surface area (Å²) in [5, 5.41) is 20.1. The molecule has 0 aliphatic heterocycles. The molecule has 10 nitrogen and oxygen atoms in total. The van der Waals surface area contributed by atoms with Gasteiger partial charge in [-0.25, -0.2) is 9.31 Å². The van der Waals surface area contributed by atoms with E-state index in [1.807, 2.05) is 61.5 Å². The quantitative estimate of drug-likeness (QED) is 0.325. The minimum Gasteiger partial charge on any atom is -0.465 e. The number of fused-ring (bicyclic) bond motifs is 1. The highest BCUT2D eigenvalue weighted by Crippen LogP contribution is 2.33. The lowest BCUT2D eigenvalue weighted by molar-refractivity contribution is -0.143. The van der Waals surface area contributed by atoms with Gasteiger partial charge in [0.25, 0.3) is 0 Å². The number of rotatable bonds is 8. The summed E-state index contributed by atoms with van der Waals surface area (Å²) in [5.74, 6) is 0.913. The number of amides is 2. The van der Waals surface area contributed by atoms with Crippen molar-refractivity contribution in [2.45, 2.75) is 13.8 Å². The molecule has 0 fully saturated rings. The summed E-state index contributed by atoms with van der Waals surface area (Å²) >= 11 is 0. The van der Waals surface area contributed by atoms with Crippen LogP contribution >= 0.6 is 0 Å². The lowest BCUT2D eigenvalue weighted by Gasteiger charge is -2.16. The summed E-state index contributed by atoms with van der Waals surface area (Å²) in [6, 6.07) is 18.5. The van der Waals surface area contributed by atoms with Crippen LogP contribution in [0.2, 0.25) is 0 Å². The first kappa shape index (κ1) is 25.1. The molecule has 4 rings (SSSR count). The van der Waals surface area contributed by atoms with E-state index in [1.165, 1.54) is 18.1 Å². The van der Waals surface area contributed by atoms with Gasteiger partial charge in [0.2, 0.25) is 0 Å². The number of para-hydroxylation sites is 1. The number of nitrogens with one attached hydrogen (secondary N) is 2. The van der Waals surface area contributed by atoms with Crippen molar-refractivity contribution in [3.05, 3.63) is 78.1 Å². The maximum absolute atomic E-state index is 12.6. The number of benzene rings is 2. The van der Waals surface area contributed by atoms with Crippen molar-refractivity contribution >= 4 is 34.6 Å². The zero-order chi connectivity index (χ0) is 26.4. The van der Waals surface area contributed by atoms with E-state index in [9.17, 15) is 14.9 Å². The zero-order valence-corrected chi connectivity index (χ0v) is 20.7. The molecule has 0 saturated heterocycles. The van der Waals surface area contributed by atoms with Crippen molar-refractivity contribution in [2.75, 3.05) is 30.8 Å². The second-order valence-electron chi connectivity index (χ2n) is 8.16. The number of likely N-dealkylation sites (N-methyl/N-ethyl adjacent to an activating group) is 1. The molecule has 10 heteroatoms. The van der Waals surface area contributed by atoms with Crippen molar-refractivity contribution in [1.82, 2.24) is 14.5 Å². The van der Waals surface area contributed by atoms with E-state index in [1.54, 1.807) is 17.6 Å². The van der Waals surface area contributed by atoms with E-state index in [0.29, 0.717) is 33.8 Å². The SMILES string of the molecule is CCOC(=O)CN(C)C(=O)Nc1cn2ncc(C#N)c(Nc3ccc(Oc4ccccc4)cc3)c2c1C. The topological polar surface area (TPSA) is 121 Å². The average Bonchev–Trinajstić information content (AvgIpc) is 3.21. The van der Waals surface area contributed by atoms with Crippen LogP contribution in [0.5, 0.6) is 11.5 Å². The van der Waals surface area contributed by atoms with Crippen molar-refractivity contribution in [2.24, 2.45) is 0 Å². The molecule has 0 spiro atoms. The highest BCUT2D eigenvalue weighted by molar-refractivity contribution is 5.95. The Morgan fingerprint density at radius 3 is 2.49 bits per heavy atom. The van der Waals surface area contributed by atoms with Gasteiger partial charge in [-0.1, -0.05) is 18.2 Å². The smallest absolute Gasteiger partial charge is 0.325 e. The molecule has 0 unspecified atom stereocenters. The van der Waals surface area contributed by atoms with Crippen LogP contribution in [0.1, 0.15) is 18.1 Å². The van der Waals surface area contributed by atoms with E-state index in [0.717, 1.165) is 11.4 Å². The lowest BCUT2D eigenvalue weighted by atomic mass is 10.1. The summed E-state index contributed by atoms with van der Waals surface area (Å²) in [4.78, 5) is 25.6. The number of urea groups is 1. The van der Waals surface area contributed by atoms with Crippen molar-refractivity contribution < 1.29 is 19.1 Å². The number of esters is 1. The van der Waals surface area contributed by atoms with E-state index < -0.39 is 12.0 Å². The maximum atomic E-state index is 12.6. The third-order valence-electron chi connectivity index (χ3n) is 5.54. The van der Waals surface area contributed by atoms with E-state index in [2.05, 4.69) is 21.8 Å². The summed E-state index contributed by atoms with van der Waals surface area (Å²) in [7, 11) is 1.50. The Morgan fingerprint density at radius 1 is 1.11 bits per heavy atom. The van der Waals surface area contributed by atoms with Gasteiger partial charge in [0, 0.05) is 18.3 Å². The number of nitrogens with zero attached hydrogens (tertiary/aromatic N) is 4. The maximum Gasteiger partial charge on any atom is 0.325 e. The number of hydrogen-bond acceptors (Lipinski definition) is 7. The fourth-order valence-electron chi connectivity index (χ4n) is 3.68. The van der Waals surface area contributed by atoms with Gasteiger partial charge in [-0.15, -0.1) is 0 Å². The Morgan fingerprint density at radius 2 is 1.81 bits per heavy atom. The van der Waals surface area contributed by atoms with E-state index >= 15 is 0 Å². The zero-order valence-electron chi connectivity index (χ0n) is 20.7. The minimum absolute atomic E-state index is 0.181. The van der Waals surface area contributed by atoms with Crippen molar-refractivity contribution in [3.63, 3.8) is 0 Å². The van der Waals surface area contributed by atoms with Crippen LogP contribution in [0.3, 0.4) is 0 Å². The molecule has 0 aliphatic rings. The second kappa shape index (κ2) is 11.1. The third kappa shape index (κ3) is 5.79. The molecular weight excluding hydrogens is 472 g/mol. The van der Waals surface area contributed by atoms with Gasteiger partial charge in [0.15, 0.2) is 0 Å². The number of aryl methyl sites for hydroxylation is 1. The number of aromatic nitrogens is 2. The summed E-state index contributed by atoms with van der Waals surface area (Å²) in [5.41, 5.74) is 3.46. The molecule has 0 atom stereocenters. The van der Waals surface area contributed by atoms with E-state index in [4.69, 9.17) is 9.47 Å². The summed E-state index contributed by atoms with van der Waals surface area (Å²) < 4.78 is 12.3. The molecule has 2 aromatic carbocycles. The Balaban J connectivity index is 1.57. The van der Waals surface area contributed by atoms with Gasteiger partial charge in [-0.3, -0.25) is 4.79 Å². The van der Waals surface area contributed by atoms with Crippen LogP contribution < -0.4 is 15.4 Å². The molecule has 0 aliphatic carbocycles. The predicted molar refractivity (Wildman–Crippen MR) is 139 cm³/mol. The van der Waals surface area contributed by atoms with Gasteiger partial charge in [-0.05, 0) is 50.2 Å². The van der Waals surface area contributed by atoms with E-state index in [-0.39, 0.29) is 13.2 Å². The molecule has 2 amide bonds. The normalized spacial score (nSPS) is 10.4. The van der Waals surface area contributed by atoms with Crippen LogP contribution in [-0.4, -0.2) is 46.7 Å². The first-order valence-corrected chi connectivity index (χ1v) is 11.6. The summed E-state index contributed by atoms with van der Waals surface area (Å²) in [6.07, 6.45) is 3.12. The molecule has 0 saturated carbocycles. The monoisotopic (exact) mass is 498 g/mol. The Labute approximate surface area is 214 Å². The number of ether oxygens (including phenoxy) is 2. The van der Waals surface area contributed by atoms with Gasteiger partial charge >= 0.3 is 12.0 Å². The van der Waals surface area contributed by atoms with Crippen LogP contribution in [0, 0.1) is 18.3 Å². The second-order valence-corrected chi connectivity index (χ2v) is 8.16. The molecule has 2 heterocycles.